The summed E-state index contributed by atoms with van der Waals surface area (Å²) in [5.41, 5.74) is -0.550. The van der Waals surface area contributed by atoms with E-state index < -0.39 is 12.4 Å². The van der Waals surface area contributed by atoms with Gasteiger partial charge in [0.25, 0.3) is 0 Å². The Kier molecular flexibility index (Phi) is 9.84. The fraction of sp³-hybridized carbons (Fsp3) is 0.846. The molecule has 0 heterocycles. The van der Waals surface area contributed by atoms with Crippen LogP contribution in [0.3, 0.4) is 0 Å². The Hall–Kier alpha value is 1.19. The van der Waals surface area contributed by atoms with Gasteiger partial charge < -0.3 is 12.9 Å². The van der Waals surface area contributed by atoms with E-state index in [4.69, 9.17) is 0 Å². The van der Waals surface area contributed by atoms with Crippen LogP contribution in [0.1, 0.15) is 46.0 Å². The molecule has 106 valence electrons. The van der Waals surface area contributed by atoms with Crippen molar-refractivity contribution >= 4 is 6.98 Å². The summed E-state index contributed by atoms with van der Waals surface area (Å²) in [6, 6.07) is 0.332. The first-order valence-electron chi connectivity index (χ1n) is 6.92. The molecular formula is C13H24BF3KN. The summed E-state index contributed by atoms with van der Waals surface area (Å²) < 4.78 is 37.9. The molecule has 1 rings (SSSR count). The summed E-state index contributed by atoms with van der Waals surface area (Å²) in [5.74, 6) is 0.526. The molecule has 1 saturated carbocycles. The Morgan fingerprint density at radius 3 is 2.21 bits per heavy atom. The Balaban J connectivity index is 0.00000324. The topological polar surface area (TPSA) is 3.24 Å². The average molecular weight is 301 g/mol. The van der Waals surface area contributed by atoms with E-state index in [0.717, 1.165) is 38.6 Å². The van der Waals surface area contributed by atoms with Crippen molar-refractivity contribution in [1.82, 2.24) is 4.90 Å². The second-order valence-electron chi connectivity index (χ2n) is 5.82. The molecule has 1 fully saturated rings. The van der Waals surface area contributed by atoms with Crippen LogP contribution in [0.4, 0.5) is 12.9 Å². The maximum absolute atomic E-state index is 12.6. The Morgan fingerprint density at radius 2 is 1.79 bits per heavy atom. The van der Waals surface area contributed by atoms with Crippen LogP contribution in [0.25, 0.3) is 0 Å². The van der Waals surface area contributed by atoms with Gasteiger partial charge >= 0.3 is 58.4 Å². The second-order valence-corrected chi connectivity index (χ2v) is 5.82. The molecule has 1 aliphatic carbocycles. The predicted octanol–water partition coefficient (Wildman–Crippen LogP) is 1.22. The van der Waals surface area contributed by atoms with Crippen LogP contribution in [-0.4, -0.2) is 31.0 Å². The summed E-state index contributed by atoms with van der Waals surface area (Å²) >= 11 is 0. The van der Waals surface area contributed by atoms with Gasteiger partial charge in [-0.3, -0.25) is 4.90 Å². The van der Waals surface area contributed by atoms with Crippen molar-refractivity contribution in [2.45, 2.75) is 52.0 Å². The van der Waals surface area contributed by atoms with Crippen molar-refractivity contribution in [3.63, 3.8) is 0 Å². The summed E-state index contributed by atoms with van der Waals surface area (Å²) in [6.45, 7) is 3.31. The molecule has 0 atom stereocenters. The zero-order chi connectivity index (χ0) is 13.8. The number of halogens is 3. The van der Waals surface area contributed by atoms with Crippen LogP contribution in [0.15, 0.2) is 12.1 Å². The van der Waals surface area contributed by atoms with Crippen LogP contribution in [-0.2, 0) is 0 Å². The first-order valence-corrected chi connectivity index (χ1v) is 6.92. The Bertz CT molecular complexity index is 276. The number of rotatable bonds is 7. The molecule has 0 saturated heterocycles. The molecule has 1 nitrogen and oxygen atoms in total. The smallest absolute Gasteiger partial charge is 0.445 e. The first kappa shape index (κ1) is 20.2. The van der Waals surface area contributed by atoms with Crippen molar-refractivity contribution in [2.24, 2.45) is 5.92 Å². The first-order chi connectivity index (χ1) is 8.30. The molecular weight excluding hydrogens is 277 g/mol. The van der Waals surface area contributed by atoms with E-state index in [9.17, 15) is 12.9 Å². The van der Waals surface area contributed by atoms with E-state index in [1.165, 1.54) is 0 Å². The van der Waals surface area contributed by atoms with Gasteiger partial charge in [0, 0.05) is 6.04 Å². The molecule has 0 aromatic heterocycles. The van der Waals surface area contributed by atoms with Gasteiger partial charge in [-0.2, -0.15) is 0 Å². The standard InChI is InChI=1S/C13H24BF3N.K/c1-11(2)8-9-18(13-6-4-5-7-13)10-12(3)14(15,16)17;/h11,13H,3-10H2,1-2H3;/q-1;+1. The maximum Gasteiger partial charge on any atom is 1.00 e. The maximum atomic E-state index is 12.6. The van der Waals surface area contributed by atoms with Crippen LogP contribution in [0.2, 0.25) is 0 Å². The minimum absolute atomic E-state index is 0. The van der Waals surface area contributed by atoms with E-state index in [0.29, 0.717) is 12.0 Å². The molecule has 0 N–H and O–H groups in total. The van der Waals surface area contributed by atoms with Gasteiger partial charge in [0.15, 0.2) is 0 Å². The molecule has 0 aliphatic heterocycles. The number of hydrogen-bond acceptors (Lipinski definition) is 1. The fourth-order valence-corrected chi connectivity index (χ4v) is 2.45. The van der Waals surface area contributed by atoms with E-state index >= 15 is 0 Å². The monoisotopic (exact) mass is 301 g/mol. The quantitative estimate of drug-likeness (QED) is 0.639. The molecule has 19 heavy (non-hydrogen) atoms. The summed E-state index contributed by atoms with van der Waals surface area (Å²) in [7, 11) is 0. The summed E-state index contributed by atoms with van der Waals surface area (Å²) in [4.78, 5) is 2.00. The van der Waals surface area contributed by atoms with Gasteiger partial charge in [-0.1, -0.05) is 26.7 Å². The minimum Gasteiger partial charge on any atom is -0.445 e. The second kappa shape index (κ2) is 9.26. The molecule has 0 radical (unpaired) electrons. The molecule has 0 unspecified atom stereocenters. The molecule has 0 aromatic rings. The molecule has 1 aliphatic rings. The van der Waals surface area contributed by atoms with Crippen LogP contribution in [0, 0.1) is 5.92 Å². The number of hydrogen-bond donors (Lipinski definition) is 0. The van der Waals surface area contributed by atoms with Crippen molar-refractivity contribution in [2.75, 3.05) is 13.1 Å². The van der Waals surface area contributed by atoms with Gasteiger partial charge in [-0.25, -0.2) is 0 Å². The molecule has 0 amide bonds. The largest absolute Gasteiger partial charge is 1.00 e. The third-order valence-corrected chi connectivity index (χ3v) is 3.70. The SMILES string of the molecule is C=C(CN(CCC(C)C)C1CCCC1)[B-](F)(F)F.[K+]. The molecule has 0 spiro atoms. The number of nitrogens with zero attached hydrogens (tertiary/aromatic N) is 1. The van der Waals surface area contributed by atoms with E-state index in [2.05, 4.69) is 20.4 Å². The fourth-order valence-electron chi connectivity index (χ4n) is 2.45. The normalized spacial score (nSPS) is 17.0. The third-order valence-electron chi connectivity index (χ3n) is 3.70. The van der Waals surface area contributed by atoms with Crippen LogP contribution < -0.4 is 51.4 Å². The summed E-state index contributed by atoms with van der Waals surface area (Å²) in [5, 5.41) is 0. The van der Waals surface area contributed by atoms with Gasteiger partial charge in [0.1, 0.15) is 0 Å². The Labute approximate surface area is 157 Å². The predicted molar refractivity (Wildman–Crippen MR) is 71.5 cm³/mol. The van der Waals surface area contributed by atoms with Crippen molar-refractivity contribution in [3.05, 3.63) is 12.1 Å². The molecule has 0 bridgehead atoms. The Morgan fingerprint density at radius 1 is 1.26 bits per heavy atom. The molecule has 0 aromatic carbocycles. The molecule has 6 heteroatoms. The zero-order valence-corrected chi connectivity index (χ0v) is 15.6. The average Bonchev–Trinajstić information content (AvgIpc) is 2.75. The van der Waals surface area contributed by atoms with E-state index in [1.807, 2.05) is 4.90 Å². The third kappa shape index (κ3) is 7.67. The van der Waals surface area contributed by atoms with E-state index in [-0.39, 0.29) is 57.9 Å². The van der Waals surface area contributed by atoms with Crippen LogP contribution in [0.5, 0.6) is 0 Å². The van der Waals surface area contributed by atoms with Gasteiger partial charge in [0.2, 0.25) is 0 Å². The van der Waals surface area contributed by atoms with E-state index in [1.54, 1.807) is 0 Å². The van der Waals surface area contributed by atoms with Crippen LogP contribution >= 0.6 is 0 Å². The summed E-state index contributed by atoms with van der Waals surface area (Å²) in [6.07, 6.45) is 5.32. The van der Waals surface area contributed by atoms with Gasteiger partial charge in [-0.15, -0.1) is 12.1 Å². The minimum atomic E-state index is -4.89. The van der Waals surface area contributed by atoms with Crippen molar-refractivity contribution in [1.29, 1.82) is 0 Å². The zero-order valence-electron chi connectivity index (χ0n) is 12.5. The van der Waals surface area contributed by atoms with Gasteiger partial charge in [0.05, 0.1) is 0 Å². The van der Waals surface area contributed by atoms with Gasteiger partial charge in [-0.05, 0) is 38.3 Å². The van der Waals surface area contributed by atoms with Crippen molar-refractivity contribution < 1.29 is 64.3 Å². The van der Waals surface area contributed by atoms with Crippen molar-refractivity contribution in [3.8, 4) is 0 Å².